The minimum Gasteiger partial charge on any atom is -0.381 e. The number of carbonyl (C=O) groups excluding carboxylic acids is 1. The van der Waals surface area contributed by atoms with Crippen molar-refractivity contribution in [3.63, 3.8) is 0 Å². The molecule has 0 bridgehead atoms. The average molecular weight is 406 g/mol. The second kappa shape index (κ2) is 8.70. The Labute approximate surface area is 155 Å². The fourth-order valence-electron chi connectivity index (χ4n) is 2.63. The van der Waals surface area contributed by atoms with Crippen molar-refractivity contribution in [2.75, 3.05) is 18.5 Å². The molecule has 5 heteroatoms. The molecule has 0 saturated carbocycles. The van der Waals surface area contributed by atoms with Crippen LogP contribution < -0.4 is 5.32 Å². The summed E-state index contributed by atoms with van der Waals surface area (Å²) in [7, 11) is 0. The van der Waals surface area contributed by atoms with Crippen molar-refractivity contribution in [2.45, 2.75) is 23.8 Å². The quantitative estimate of drug-likeness (QED) is 0.750. The molecule has 126 valence electrons. The van der Waals surface area contributed by atoms with E-state index < -0.39 is 0 Å². The fourth-order valence-corrected chi connectivity index (χ4v) is 4.16. The van der Waals surface area contributed by atoms with E-state index in [9.17, 15) is 4.79 Å². The van der Waals surface area contributed by atoms with Crippen LogP contribution in [0.2, 0.25) is 0 Å². The van der Waals surface area contributed by atoms with E-state index in [1.807, 2.05) is 48.2 Å². The summed E-state index contributed by atoms with van der Waals surface area (Å²) in [4.78, 5) is 12.3. The highest BCUT2D eigenvalue weighted by Gasteiger charge is 2.14. The second-order valence-electron chi connectivity index (χ2n) is 5.79. The summed E-state index contributed by atoms with van der Waals surface area (Å²) in [6.45, 7) is 1.75. The molecule has 0 aromatic heterocycles. The molecule has 1 amide bonds. The maximum atomic E-state index is 12.3. The molecular weight excluding hydrogens is 386 g/mol. The van der Waals surface area contributed by atoms with Crippen LogP contribution in [0.15, 0.2) is 53.0 Å². The van der Waals surface area contributed by atoms with E-state index in [0.717, 1.165) is 42.0 Å². The maximum Gasteiger partial charge on any atom is 0.255 e. The van der Waals surface area contributed by atoms with Crippen LogP contribution in [0.25, 0.3) is 0 Å². The molecule has 0 atom stereocenters. The Morgan fingerprint density at radius 2 is 1.96 bits per heavy atom. The zero-order valence-electron chi connectivity index (χ0n) is 13.3. The van der Waals surface area contributed by atoms with Gasteiger partial charge in [-0.2, -0.15) is 11.8 Å². The van der Waals surface area contributed by atoms with E-state index >= 15 is 0 Å². The number of ether oxygens (including phenoxy) is 1. The monoisotopic (exact) mass is 405 g/mol. The molecule has 0 aliphatic carbocycles. The molecule has 0 unspecified atom stereocenters. The molecule has 2 aromatic carbocycles. The maximum absolute atomic E-state index is 12.3. The molecule has 3 nitrogen and oxygen atoms in total. The Kier molecular flexibility index (Phi) is 6.35. The van der Waals surface area contributed by atoms with Crippen molar-refractivity contribution in [2.24, 2.45) is 0 Å². The number of thioether (sulfide) groups is 1. The normalized spacial score (nSPS) is 15.2. The van der Waals surface area contributed by atoms with Crippen molar-refractivity contribution < 1.29 is 9.53 Å². The summed E-state index contributed by atoms with van der Waals surface area (Å²) in [5.41, 5.74) is 2.72. The molecule has 0 radical (unpaired) electrons. The molecule has 1 N–H and O–H groups in total. The Bertz CT molecular complexity index is 701. The van der Waals surface area contributed by atoms with Gasteiger partial charge in [0.2, 0.25) is 0 Å². The first kappa shape index (κ1) is 17.5. The van der Waals surface area contributed by atoms with Crippen LogP contribution in [0.5, 0.6) is 0 Å². The summed E-state index contributed by atoms with van der Waals surface area (Å²) in [5.74, 6) is 0.871. The van der Waals surface area contributed by atoms with Crippen molar-refractivity contribution in [1.82, 2.24) is 0 Å². The largest absolute Gasteiger partial charge is 0.381 e. The molecule has 3 rings (SSSR count). The van der Waals surface area contributed by atoms with Gasteiger partial charge in [0.15, 0.2) is 0 Å². The third-order valence-electron chi connectivity index (χ3n) is 3.93. The van der Waals surface area contributed by atoms with E-state index in [2.05, 4.69) is 33.4 Å². The topological polar surface area (TPSA) is 38.3 Å². The number of amides is 1. The molecule has 24 heavy (non-hydrogen) atoms. The minimum atomic E-state index is -0.0921. The van der Waals surface area contributed by atoms with Crippen molar-refractivity contribution in [3.8, 4) is 0 Å². The smallest absolute Gasteiger partial charge is 0.255 e. The first-order chi connectivity index (χ1) is 11.7. The molecule has 0 spiro atoms. The van der Waals surface area contributed by atoms with E-state index in [4.69, 9.17) is 4.74 Å². The summed E-state index contributed by atoms with van der Waals surface area (Å²) in [6.07, 6.45) is 2.26. The first-order valence-corrected chi connectivity index (χ1v) is 9.90. The number of halogens is 1. The number of carbonyl (C=O) groups is 1. The molecule has 1 aliphatic heterocycles. The van der Waals surface area contributed by atoms with Gasteiger partial charge in [-0.15, -0.1) is 0 Å². The fraction of sp³-hybridized carbons (Fsp3) is 0.316. The SMILES string of the molecule is O=C(Nc1cccc(CSC2CCOCC2)c1)c1cccc(Br)c1. The van der Waals surface area contributed by atoms with Gasteiger partial charge >= 0.3 is 0 Å². The van der Waals surface area contributed by atoms with Crippen LogP contribution in [-0.2, 0) is 10.5 Å². The lowest BCUT2D eigenvalue weighted by Crippen LogP contribution is -2.17. The second-order valence-corrected chi connectivity index (χ2v) is 7.99. The van der Waals surface area contributed by atoms with Gasteiger partial charge in [-0.1, -0.05) is 34.1 Å². The van der Waals surface area contributed by atoms with Crippen LogP contribution in [0.1, 0.15) is 28.8 Å². The Balaban J connectivity index is 1.59. The molecule has 1 aliphatic rings. The summed E-state index contributed by atoms with van der Waals surface area (Å²) < 4.78 is 6.30. The lowest BCUT2D eigenvalue weighted by molar-refractivity contribution is 0.1000. The zero-order chi connectivity index (χ0) is 16.8. The molecule has 2 aromatic rings. The number of hydrogen-bond acceptors (Lipinski definition) is 3. The van der Waals surface area contributed by atoms with E-state index in [0.29, 0.717) is 10.8 Å². The third-order valence-corrected chi connectivity index (χ3v) is 5.86. The molecule has 1 fully saturated rings. The molecular formula is C19H20BrNO2S. The zero-order valence-corrected chi connectivity index (χ0v) is 15.7. The van der Waals surface area contributed by atoms with E-state index in [1.165, 1.54) is 5.56 Å². The highest BCUT2D eigenvalue weighted by atomic mass is 79.9. The van der Waals surface area contributed by atoms with Gasteiger partial charge in [-0.05, 0) is 48.7 Å². The Hall–Kier alpha value is -1.30. The van der Waals surface area contributed by atoms with Gasteiger partial charge in [0, 0.05) is 39.9 Å². The predicted molar refractivity (Wildman–Crippen MR) is 104 cm³/mol. The Morgan fingerprint density at radius 3 is 2.75 bits per heavy atom. The Morgan fingerprint density at radius 1 is 1.17 bits per heavy atom. The van der Waals surface area contributed by atoms with Crippen LogP contribution >= 0.6 is 27.7 Å². The van der Waals surface area contributed by atoms with Crippen LogP contribution in [-0.4, -0.2) is 24.4 Å². The van der Waals surface area contributed by atoms with Crippen molar-refractivity contribution in [1.29, 1.82) is 0 Å². The van der Waals surface area contributed by atoms with Gasteiger partial charge < -0.3 is 10.1 Å². The van der Waals surface area contributed by atoms with E-state index in [1.54, 1.807) is 0 Å². The number of anilines is 1. The summed E-state index contributed by atoms with van der Waals surface area (Å²) >= 11 is 5.37. The number of benzene rings is 2. The number of rotatable bonds is 5. The van der Waals surface area contributed by atoms with Gasteiger partial charge in [-0.3, -0.25) is 4.79 Å². The van der Waals surface area contributed by atoms with Gasteiger partial charge in [0.1, 0.15) is 0 Å². The first-order valence-electron chi connectivity index (χ1n) is 8.06. The summed E-state index contributed by atoms with van der Waals surface area (Å²) in [5, 5.41) is 3.65. The number of nitrogens with one attached hydrogen (secondary N) is 1. The lowest BCUT2D eigenvalue weighted by atomic mass is 10.2. The highest BCUT2D eigenvalue weighted by Crippen LogP contribution is 2.26. The van der Waals surface area contributed by atoms with Crippen molar-refractivity contribution >= 4 is 39.3 Å². The van der Waals surface area contributed by atoms with Gasteiger partial charge in [0.05, 0.1) is 0 Å². The lowest BCUT2D eigenvalue weighted by Gasteiger charge is -2.21. The van der Waals surface area contributed by atoms with Gasteiger partial charge in [-0.25, -0.2) is 0 Å². The van der Waals surface area contributed by atoms with Crippen LogP contribution in [0.3, 0.4) is 0 Å². The van der Waals surface area contributed by atoms with E-state index in [-0.39, 0.29) is 5.91 Å². The predicted octanol–water partition coefficient (Wildman–Crippen LogP) is 5.11. The highest BCUT2D eigenvalue weighted by molar-refractivity contribution is 9.10. The summed E-state index contributed by atoms with van der Waals surface area (Å²) in [6, 6.07) is 15.5. The average Bonchev–Trinajstić information content (AvgIpc) is 2.61. The van der Waals surface area contributed by atoms with Crippen LogP contribution in [0, 0.1) is 0 Å². The standard InChI is InChI=1S/C19H20BrNO2S/c20-16-5-2-4-15(12-16)19(22)21-17-6-1-3-14(11-17)13-24-18-7-9-23-10-8-18/h1-6,11-12,18H,7-10,13H2,(H,21,22). The number of hydrogen-bond donors (Lipinski definition) is 1. The van der Waals surface area contributed by atoms with Crippen LogP contribution in [0.4, 0.5) is 5.69 Å². The molecule has 1 heterocycles. The molecule has 1 saturated heterocycles. The third kappa shape index (κ3) is 5.10. The van der Waals surface area contributed by atoms with Crippen molar-refractivity contribution in [3.05, 3.63) is 64.1 Å². The van der Waals surface area contributed by atoms with Gasteiger partial charge in [0.25, 0.3) is 5.91 Å². The minimum absolute atomic E-state index is 0.0921.